The Balaban J connectivity index is 1.65. The van der Waals surface area contributed by atoms with Crippen LogP contribution in [0.5, 0.6) is 0 Å². The molecule has 2 atom stereocenters. The first-order valence-corrected chi connectivity index (χ1v) is 8.91. The summed E-state index contributed by atoms with van der Waals surface area (Å²) in [5.41, 5.74) is 4.30. The number of ether oxygens (including phenoxy) is 1. The number of hydrogen-bond donors (Lipinski definition) is 1. The number of fused-ring (bicyclic) bond motifs is 1. The Kier molecular flexibility index (Phi) is 3.91. The zero-order valence-electron chi connectivity index (χ0n) is 15.1. The molecule has 2 aromatic heterocycles. The van der Waals surface area contributed by atoms with Gasteiger partial charge in [0.15, 0.2) is 5.69 Å². The van der Waals surface area contributed by atoms with Gasteiger partial charge >= 0.3 is 0 Å². The molecule has 1 N–H and O–H groups in total. The average Bonchev–Trinajstić information content (AvgIpc) is 3.23. The molecular weight excluding hydrogens is 320 g/mol. The fourth-order valence-electron chi connectivity index (χ4n) is 3.64. The third kappa shape index (κ3) is 2.86. The Labute approximate surface area is 146 Å². The van der Waals surface area contributed by atoms with E-state index < -0.39 is 0 Å². The van der Waals surface area contributed by atoms with Crippen LogP contribution in [0, 0.1) is 13.8 Å². The largest absolute Gasteiger partial charge is 0.369 e. The fraction of sp³-hybridized carbons (Fsp3) is 0.611. The lowest BCUT2D eigenvalue weighted by Crippen LogP contribution is -2.34. The SMILES string of the molecule is Cc1noc(C)c1CN(C(=O)c1n[nH]c2c1C[C@@H](C)O[C@H]2C)C1CC1. The molecule has 0 saturated heterocycles. The Morgan fingerprint density at radius 3 is 2.72 bits per heavy atom. The second kappa shape index (κ2) is 5.98. The van der Waals surface area contributed by atoms with Crippen molar-refractivity contribution in [1.29, 1.82) is 0 Å². The minimum Gasteiger partial charge on any atom is -0.369 e. The molecule has 2 aromatic rings. The third-order valence-corrected chi connectivity index (χ3v) is 5.19. The Bertz CT molecular complexity index is 786. The van der Waals surface area contributed by atoms with Crippen LogP contribution in [0.15, 0.2) is 4.52 Å². The van der Waals surface area contributed by atoms with Crippen LogP contribution in [0.3, 0.4) is 0 Å². The molecule has 1 fully saturated rings. The molecule has 25 heavy (non-hydrogen) atoms. The van der Waals surface area contributed by atoms with Crippen molar-refractivity contribution in [2.45, 2.75) is 71.8 Å². The van der Waals surface area contributed by atoms with Crippen LogP contribution in [0.1, 0.15) is 71.6 Å². The summed E-state index contributed by atoms with van der Waals surface area (Å²) in [5.74, 6) is 0.761. The van der Waals surface area contributed by atoms with E-state index in [1.807, 2.05) is 32.6 Å². The molecule has 1 amide bonds. The molecular formula is C18H24N4O3. The predicted octanol–water partition coefficient (Wildman–Crippen LogP) is 2.84. The van der Waals surface area contributed by atoms with E-state index in [0.717, 1.165) is 41.1 Å². The number of aryl methyl sites for hydroxylation is 2. The monoisotopic (exact) mass is 344 g/mol. The van der Waals surface area contributed by atoms with E-state index >= 15 is 0 Å². The van der Waals surface area contributed by atoms with Crippen LogP contribution in [0.4, 0.5) is 0 Å². The number of rotatable bonds is 4. The number of nitrogens with zero attached hydrogens (tertiary/aromatic N) is 3. The quantitative estimate of drug-likeness (QED) is 0.922. The number of aromatic amines is 1. The van der Waals surface area contributed by atoms with Crippen molar-refractivity contribution in [3.63, 3.8) is 0 Å². The number of carbonyl (C=O) groups excluding carboxylic acids is 1. The minimum atomic E-state index is -0.0651. The van der Waals surface area contributed by atoms with Crippen LogP contribution >= 0.6 is 0 Å². The molecule has 3 heterocycles. The first-order valence-electron chi connectivity index (χ1n) is 8.91. The van der Waals surface area contributed by atoms with Gasteiger partial charge in [-0.1, -0.05) is 5.16 Å². The van der Waals surface area contributed by atoms with Crippen LogP contribution < -0.4 is 0 Å². The van der Waals surface area contributed by atoms with Gasteiger partial charge in [0.05, 0.1) is 30.1 Å². The first-order chi connectivity index (χ1) is 12.0. The van der Waals surface area contributed by atoms with Crippen molar-refractivity contribution in [3.05, 3.63) is 34.0 Å². The lowest BCUT2D eigenvalue weighted by Gasteiger charge is -2.26. The number of nitrogens with one attached hydrogen (secondary N) is 1. The number of hydrogen-bond acceptors (Lipinski definition) is 5. The molecule has 7 heteroatoms. The van der Waals surface area contributed by atoms with Gasteiger partial charge in [-0.2, -0.15) is 5.10 Å². The molecule has 1 aliphatic heterocycles. The van der Waals surface area contributed by atoms with Crippen LogP contribution in [-0.4, -0.2) is 38.3 Å². The first kappa shape index (κ1) is 16.3. The Morgan fingerprint density at radius 1 is 1.32 bits per heavy atom. The topological polar surface area (TPSA) is 84.3 Å². The van der Waals surface area contributed by atoms with Crippen molar-refractivity contribution < 1.29 is 14.1 Å². The summed E-state index contributed by atoms with van der Waals surface area (Å²) in [6, 6.07) is 0.281. The van der Waals surface area contributed by atoms with E-state index in [0.29, 0.717) is 18.7 Å². The Morgan fingerprint density at radius 2 is 2.08 bits per heavy atom. The summed E-state index contributed by atoms with van der Waals surface area (Å²) in [6.45, 7) is 8.35. The van der Waals surface area contributed by atoms with Gasteiger partial charge in [-0.25, -0.2) is 0 Å². The van der Waals surface area contributed by atoms with Gasteiger partial charge in [0, 0.05) is 23.6 Å². The van der Waals surface area contributed by atoms with Gasteiger partial charge in [0.2, 0.25) is 0 Å². The molecule has 0 radical (unpaired) electrons. The lowest BCUT2D eigenvalue weighted by atomic mass is 9.99. The molecule has 4 rings (SSSR count). The second-order valence-corrected chi connectivity index (χ2v) is 7.22. The average molecular weight is 344 g/mol. The van der Waals surface area contributed by atoms with Gasteiger partial charge in [-0.15, -0.1) is 0 Å². The highest BCUT2D eigenvalue weighted by atomic mass is 16.5. The Hall–Kier alpha value is -2.15. The van der Waals surface area contributed by atoms with Gasteiger partial charge in [-0.05, 0) is 40.5 Å². The van der Waals surface area contributed by atoms with Crippen molar-refractivity contribution in [1.82, 2.24) is 20.3 Å². The molecule has 0 spiro atoms. The van der Waals surface area contributed by atoms with Crippen molar-refractivity contribution in [3.8, 4) is 0 Å². The maximum Gasteiger partial charge on any atom is 0.275 e. The number of aromatic nitrogens is 3. The van der Waals surface area contributed by atoms with E-state index in [9.17, 15) is 4.79 Å². The van der Waals surface area contributed by atoms with Crippen LogP contribution in [0.2, 0.25) is 0 Å². The fourth-order valence-corrected chi connectivity index (χ4v) is 3.64. The van der Waals surface area contributed by atoms with Gasteiger partial charge in [0.1, 0.15) is 5.76 Å². The maximum absolute atomic E-state index is 13.3. The van der Waals surface area contributed by atoms with Gasteiger partial charge in [0.25, 0.3) is 5.91 Å². The third-order valence-electron chi connectivity index (χ3n) is 5.19. The standard InChI is InChI=1S/C18H24N4O3/c1-9-7-14-16(12(4)24-9)19-20-17(14)18(23)22(13-5-6-13)8-15-10(2)21-25-11(15)3/h9,12-13H,5-8H2,1-4H3,(H,19,20)/t9-,12+/m1/s1. The summed E-state index contributed by atoms with van der Waals surface area (Å²) in [7, 11) is 0. The second-order valence-electron chi connectivity index (χ2n) is 7.22. The zero-order chi connectivity index (χ0) is 17.7. The normalized spacial score (nSPS) is 22.7. The molecule has 1 saturated carbocycles. The van der Waals surface area contributed by atoms with E-state index in [2.05, 4.69) is 15.4 Å². The minimum absolute atomic E-state index is 0.0127. The molecule has 134 valence electrons. The van der Waals surface area contributed by atoms with Gasteiger partial charge < -0.3 is 14.2 Å². The van der Waals surface area contributed by atoms with Crippen molar-refractivity contribution in [2.24, 2.45) is 0 Å². The summed E-state index contributed by atoms with van der Waals surface area (Å²) in [6.07, 6.45) is 2.81. The van der Waals surface area contributed by atoms with E-state index in [4.69, 9.17) is 9.26 Å². The smallest absolute Gasteiger partial charge is 0.275 e. The van der Waals surface area contributed by atoms with Crippen molar-refractivity contribution in [2.75, 3.05) is 0 Å². The van der Waals surface area contributed by atoms with Gasteiger partial charge in [-0.3, -0.25) is 9.89 Å². The highest BCUT2D eigenvalue weighted by Crippen LogP contribution is 2.34. The highest BCUT2D eigenvalue weighted by molar-refractivity contribution is 5.94. The van der Waals surface area contributed by atoms with E-state index in [1.165, 1.54) is 0 Å². The molecule has 0 bridgehead atoms. The lowest BCUT2D eigenvalue weighted by molar-refractivity contribution is -0.00702. The van der Waals surface area contributed by atoms with Crippen LogP contribution in [-0.2, 0) is 17.7 Å². The molecule has 7 nitrogen and oxygen atoms in total. The maximum atomic E-state index is 13.3. The number of H-pyrrole nitrogens is 1. The number of amides is 1. The molecule has 0 aromatic carbocycles. The van der Waals surface area contributed by atoms with Crippen LogP contribution in [0.25, 0.3) is 0 Å². The predicted molar refractivity (Wildman–Crippen MR) is 90.1 cm³/mol. The van der Waals surface area contributed by atoms with E-state index in [-0.39, 0.29) is 24.2 Å². The summed E-state index contributed by atoms with van der Waals surface area (Å²) < 4.78 is 11.1. The summed E-state index contributed by atoms with van der Waals surface area (Å²) in [5, 5.41) is 11.4. The summed E-state index contributed by atoms with van der Waals surface area (Å²) in [4.78, 5) is 15.2. The zero-order valence-corrected chi connectivity index (χ0v) is 15.1. The number of carbonyl (C=O) groups is 1. The highest BCUT2D eigenvalue weighted by Gasteiger charge is 2.38. The molecule has 2 aliphatic rings. The van der Waals surface area contributed by atoms with E-state index in [1.54, 1.807) is 0 Å². The van der Waals surface area contributed by atoms with Crippen molar-refractivity contribution >= 4 is 5.91 Å². The molecule has 0 unspecified atom stereocenters. The summed E-state index contributed by atoms with van der Waals surface area (Å²) >= 11 is 0. The molecule has 1 aliphatic carbocycles.